The SMILES string of the molecule is CC1CNCCN1c1cc(Br)ccn1. The van der Waals surface area contributed by atoms with Gasteiger partial charge in [-0.25, -0.2) is 4.98 Å². The Hall–Kier alpha value is -0.610. The minimum atomic E-state index is 0.519. The van der Waals surface area contributed by atoms with Gasteiger partial charge in [0.25, 0.3) is 0 Å². The molecule has 1 aromatic rings. The number of aromatic nitrogens is 1. The van der Waals surface area contributed by atoms with Crippen molar-refractivity contribution in [3.8, 4) is 0 Å². The lowest BCUT2D eigenvalue weighted by atomic mass is 10.2. The molecule has 0 saturated carbocycles. The lowest BCUT2D eigenvalue weighted by Crippen LogP contribution is -2.50. The van der Waals surface area contributed by atoms with Crippen LogP contribution in [0, 0.1) is 0 Å². The molecule has 1 atom stereocenters. The molecule has 4 heteroatoms. The molecule has 0 spiro atoms. The Kier molecular flexibility index (Phi) is 3.03. The van der Waals surface area contributed by atoms with Crippen LogP contribution in [0.5, 0.6) is 0 Å². The summed E-state index contributed by atoms with van der Waals surface area (Å²) >= 11 is 3.47. The van der Waals surface area contributed by atoms with E-state index in [4.69, 9.17) is 0 Å². The molecule has 76 valence electrons. The van der Waals surface area contributed by atoms with Gasteiger partial charge in [-0.15, -0.1) is 0 Å². The van der Waals surface area contributed by atoms with E-state index in [9.17, 15) is 0 Å². The second kappa shape index (κ2) is 4.28. The summed E-state index contributed by atoms with van der Waals surface area (Å²) in [5, 5.41) is 3.37. The van der Waals surface area contributed by atoms with Gasteiger partial charge in [-0.3, -0.25) is 0 Å². The summed E-state index contributed by atoms with van der Waals surface area (Å²) in [6, 6.07) is 4.55. The predicted molar refractivity (Wildman–Crippen MR) is 61.6 cm³/mol. The maximum atomic E-state index is 4.38. The van der Waals surface area contributed by atoms with E-state index in [1.165, 1.54) is 0 Å². The number of rotatable bonds is 1. The van der Waals surface area contributed by atoms with Crippen molar-refractivity contribution in [2.75, 3.05) is 24.5 Å². The van der Waals surface area contributed by atoms with Crippen molar-refractivity contribution in [3.63, 3.8) is 0 Å². The molecule has 1 unspecified atom stereocenters. The lowest BCUT2D eigenvalue weighted by Gasteiger charge is -2.34. The highest BCUT2D eigenvalue weighted by molar-refractivity contribution is 9.10. The largest absolute Gasteiger partial charge is 0.351 e. The molecule has 1 aromatic heterocycles. The van der Waals surface area contributed by atoms with Crippen LogP contribution >= 0.6 is 15.9 Å². The monoisotopic (exact) mass is 255 g/mol. The number of hydrogen-bond acceptors (Lipinski definition) is 3. The average Bonchev–Trinajstić information content (AvgIpc) is 2.18. The van der Waals surface area contributed by atoms with Gasteiger partial charge in [0, 0.05) is 36.3 Å². The van der Waals surface area contributed by atoms with Gasteiger partial charge < -0.3 is 10.2 Å². The van der Waals surface area contributed by atoms with E-state index in [1.54, 1.807) is 0 Å². The summed E-state index contributed by atoms with van der Waals surface area (Å²) in [4.78, 5) is 6.72. The van der Waals surface area contributed by atoms with Gasteiger partial charge in [0.1, 0.15) is 5.82 Å². The van der Waals surface area contributed by atoms with Crippen LogP contribution in [-0.2, 0) is 0 Å². The Morgan fingerprint density at radius 1 is 1.64 bits per heavy atom. The van der Waals surface area contributed by atoms with Crippen molar-refractivity contribution in [2.45, 2.75) is 13.0 Å². The van der Waals surface area contributed by atoms with Crippen molar-refractivity contribution in [1.82, 2.24) is 10.3 Å². The second-order valence-electron chi connectivity index (χ2n) is 3.58. The van der Waals surface area contributed by atoms with Gasteiger partial charge in [-0.2, -0.15) is 0 Å². The third kappa shape index (κ3) is 2.07. The van der Waals surface area contributed by atoms with E-state index >= 15 is 0 Å². The first-order valence-corrected chi connectivity index (χ1v) is 5.65. The molecule has 0 amide bonds. The van der Waals surface area contributed by atoms with Crippen molar-refractivity contribution in [2.24, 2.45) is 0 Å². The fourth-order valence-electron chi connectivity index (χ4n) is 1.73. The molecule has 0 radical (unpaired) electrons. The van der Waals surface area contributed by atoms with Gasteiger partial charge in [0.2, 0.25) is 0 Å². The maximum Gasteiger partial charge on any atom is 0.129 e. The van der Waals surface area contributed by atoms with Crippen molar-refractivity contribution >= 4 is 21.7 Å². The minimum Gasteiger partial charge on any atom is -0.351 e. The molecular formula is C10H14BrN3. The molecule has 1 fully saturated rings. The standard InChI is InChI=1S/C10H14BrN3/c1-8-7-12-4-5-14(8)10-6-9(11)2-3-13-10/h2-3,6,8,12H,4-5,7H2,1H3. The average molecular weight is 256 g/mol. The van der Waals surface area contributed by atoms with E-state index in [0.717, 1.165) is 29.9 Å². The summed E-state index contributed by atoms with van der Waals surface area (Å²) in [5.41, 5.74) is 0. The lowest BCUT2D eigenvalue weighted by molar-refractivity contribution is 0.497. The van der Waals surface area contributed by atoms with Crippen LogP contribution < -0.4 is 10.2 Å². The van der Waals surface area contributed by atoms with Crippen molar-refractivity contribution < 1.29 is 0 Å². The molecule has 0 aromatic carbocycles. The zero-order chi connectivity index (χ0) is 9.97. The summed E-state index contributed by atoms with van der Waals surface area (Å²) in [6.07, 6.45) is 1.84. The van der Waals surface area contributed by atoms with E-state index in [-0.39, 0.29) is 0 Å². The molecule has 2 heterocycles. The number of halogens is 1. The fourth-order valence-corrected chi connectivity index (χ4v) is 2.05. The number of hydrogen-bond donors (Lipinski definition) is 1. The summed E-state index contributed by atoms with van der Waals surface area (Å²) in [5.74, 6) is 1.06. The second-order valence-corrected chi connectivity index (χ2v) is 4.49. The first-order valence-electron chi connectivity index (χ1n) is 4.86. The quantitative estimate of drug-likeness (QED) is 0.828. The van der Waals surface area contributed by atoms with Gasteiger partial charge in [0.15, 0.2) is 0 Å². The number of pyridine rings is 1. The number of nitrogens with one attached hydrogen (secondary N) is 1. The fraction of sp³-hybridized carbons (Fsp3) is 0.500. The number of anilines is 1. The van der Waals surface area contributed by atoms with Gasteiger partial charge >= 0.3 is 0 Å². The number of nitrogens with zero attached hydrogens (tertiary/aromatic N) is 2. The zero-order valence-electron chi connectivity index (χ0n) is 8.20. The zero-order valence-corrected chi connectivity index (χ0v) is 9.79. The summed E-state index contributed by atoms with van der Waals surface area (Å²) < 4.78 is 1.09. The van der Waals surface area contributed by atoms with E-state index in [1.807, 2.05) is 12.3 Å². The van der Waals surface area contributed by atoms with E-state index in [2.05, 4.69) is 44.1 Å². The Bertz CT molecular complexity index is 316. The molecule has 1 aliphatic heterocycles. The summed E-state index contributed by atoms with van der Waals surface area (Å²) in [6.45, 7) is 5.33. The van der Waals surface area contributed by atoms with E-state index < -0.39 is 0 Å². The maximum absolute atomic E-state index is 4.38. The summed E-state index contributed by atoms with van der Waals surface area (Å²) in [7, 11) is 0. The van der Waals surface area contributed by atoms with Crippen molar-refractivity contribution in [3.05, 3.63) is 22.8 Å². The van der Waals surface area contributed by atoms with Crippen LogP contribution in [0.15, 0.2) is 22.8 Å². The van der Waals surface area contributed by atoms with Gasteiger partial charge in [-0.1, -0.05) is 15.9 Å². The first kappa shape index (κ1) is 9.93. The highest BCUT2D eigenvalue weighted by Gasteiger charge is 2.18. The highest BCUT2D eigenvalue weighted by Crippen LogP contribution is 2.19. The van der Waals surface area contributed by atoms with Crippen LogP contribution in [-0.4, -0.2) is 30.7 Å². The normalized spacial score (nSPS) is 22.4. The molecular weight excluding hydrogens is 242 g/mol. The number of piperazine rings is 1. The Labute approximate surface area is 92.6 Å². The highest BCUT2D eigenvalue weighted by atomic mass is 79.9. The van der Waals surface area contributed by atoms with Crippen LogP contribution in [0.1, 0.15) is 6.92 Å². The minimum absolute atomic E-state index is 0.519. The first-order chi connectivity index (χ1) is 6.77. The molecule has 1 aliphatic rings. The van der Waals surface area contributed by atoms with E-state index in [0.29, 0.717) is 6.04 Å². The third-order valence-corrected chi connectivity index (χ3v) is 3.00. The molecule has 3 nitrogen and oxygen atoms in total. The predicted octanol–water partition coefficient (Wildman–Crippen LogP) is 1.64. The topological polar surface area (TPSA) is 28.2 Å². The Morgan fingerprint density at radius 2 is 2.50 bits per heavy atom. The molecule has 1 N–H and O–H groups in total. The Morgan fingerprint density at radius 3 is 3.21 bits per heavy atom. The van der Waals surface area contributed by atoms with Crippen LogP contribution in [0.2, 0.25) is 0 Å². The Balaban J connectivity index is 2.20. The van der Waals surface area contributed by atoms with Gasteiger partial charge in [-0.05, 0) is 19.1 Å². The smallest absolute Gasteiger partial charge is 0.129 e. The molecule has 14 heavy (non-hydrogen) atoms. The van der Waals surface area contributed by atoms with Crippen LogP contribution in [0.25, 0.3) is 0 Å². The van der Waals surface area contributed by atoms with Crippen LogP contribution in [0.3, 0.4) is 0 Å². The molecule has 0 aliphatic carbocycles. The third-order valence-electron chi connectivity index (χ3n) is 2.50. The molecule has 2 rings (SSSR count). The van der Waals surface area contributed by atoms with Crippen LogP contribution in [0.4, 0.5) is 5.82 Å². The molecule has 0 bridgehead atoms. The molecule has 1 saturated heterocycles. The van der Waals surface area contributed by atoms with Crippen molar-refractivity contribution in [1.29, 1.82) is 0 Å². The van der Waals surface area contributed by atoms with Gasteiger partial charge in [0.05, 0.1) is 0 Å².